The van der Waals surface area contributed by atoms with E-state index < -0.39 is 0 Å². The summed E-state index contributed by atoms with van der Waals surface area (Å²) in [4.78, 5) is 9.58. The summed E-state index contributed by atoms with van der Waals surface area (Å²) in [7, 11) is 0. The van der Waals surface area contributed by atoms with Crippen LogP contribution < -0.4 is 5.32 Å². The molecule has 1 saturated carbocycles. The van der Waals surface area contributed by atoms with Crippen LogP contribution in [0.15, 0.2) is 79.0 Å². The van der Waals surface area contributed by atoms with Gasteiger partial charge < -0.3 is 10.4 Å². The Hall–Kier alpha value is -3.24. The van der Waals surface area contributed by atoms with Gasteiger partial charge in [-0.05, 0) is 48.1 Å². The first-order valence-electron chi connectivity index (χ1n) is 10.6. The molecule has 2 N–H and O–H groups in total. The lowest BCUT2D eigenvalue weighted by molar-refractivity contribution is 0.126. The zero-order valence-corrected chi connectivity index (χ0v) is 16.8. The van der Waals surface area contributed by atoms with E-state index in [0.29, 0.717) is 12.0 Å². The third-order valence-corrected chi connectivity index (χ3v) is 5.93. The van der Waals surface area contributed by atoms with E-state index in [9.17, 15) is 5.11 Å². The van der Waals surface area contributed by atoms with Crippen molar-refractivity contribution in [2.75, 3.05) is 5.32 Å². The molecule has 0 unspecified atom stereocenters. The molecule has 3 aromatic carbocycles. The lowest BCUT2D eigenvalue weighted by Crippen LogP contribution is -2.29. The van der Waals surface area contributed by atoms with Crippen molar-refractivity contribution < 1.29 is 5.11 Å². The molecular formula is C26H25N3O. The molecule has 0 radical (unpaired) electrons. The lowest BCUT2D eigenvalue weighted by atomic mass is 9.93. The Labute approximate surface area is 176 Å². The van der Waals surface area contributed by atoms with E-state index in [1.165, 1.54) is 10.8 Å². The van der Waals surface area contributed by atoms with Crippen LogP contribution in [0.1, 0.15) is 25.7 Å². The van der Waals surface area contributed by atoms with Gasteiger partial charge in [0.15, 0.2) is 0 Å². The molecule has 4 heteroatoms. The molecule has 0 saturated heterocycles. The fourth-order valence-electron chi connectivity index (χ4n) is 4.24. The molecule has 0 amide bonds. The van der Waals surface area contributed by atoms with Crippen LogP contribution in [0.25, 0.3) is 33.2 Å². The van der Waals surface area contributed by atoms with Gasteiger partial charge in [-0.15, -0.1) is 0 Å². The second-order valence-corrected chi connectivity index (χ2v) is 8.03. The van der Waals surface area contributed by atoms with Crippen molar-refractivity contribution in [3.63, 3.8) is 0 Å². The maximum Gasteiger partial charge on any atom is 0.223 e. The van der Waals surface area contributed by atoms with Gasteiger partial charge in [-0.3, -0.25) is 0 Å². The fraction of sp³-hybridized carbons (Fsp3) is 0.231. The molecule has 5 rings (SSSR count). The van der Waals surface area contributed by atoms with Crippen LogP contribution in [0, 0.1) is 0 Å². The number of fused-ring (bicyclic) bond motifs is 1. The molecule has 150 valence electrons. The number of hydrogen-bond acceptors (Lipinski definition) is 4. The van der Waals surface area contributed by atoms with Crippen LogP contribution in [0.2, 0.25) is 0 Å². The summed E-state index contributed by atoms with van der Waals surface area (Å²) in [5.74, 6) is 0.653. The predicted octanol–water partition coefficient (Wildman–Crippen LogP) is 5.68. The van der Waals surface area contributed by atoms with Crippen LogP contribution in [-0.2, 0) is 0 Å². The minimum Gasteiger partial charge on any atom is -0.393 e. The monoisotopic (exact) mass is 395 g/mol. The van der Waals surface area contributed by atoms with Crippen molar-refractivity contribution in [1.29, 1.82) is 0 Å². The standard InChI is InChI=1S/C26H25N3O/c30-23-14-12-22(13-15-23)28-26-27-17-24(25(29-26)19-7-2-1-3-8-19)21-11-10-18-6-4-5-9-20(18)16-21/h1-11,16-17,22-23,30H,12-15H2,(H,27,28,29). The molecule has 1 aromatic heterocycles. The maximum atomic E-state index is 9.76. The molecule has 1 heterocycles. The van der Waals surface area contributed by atoms with E-state index in [2.05, 4.69) is 64.9 Å². The Bertz CT molecular complexity index is 1150. The normalized spacial score (nSPS) is 19.0. The highest BCUT2D eigenvalue weighted by atomic mass is 16.3. The van der Waals surface area contributed by atoms with E-state index in [0.717, 1.165) is 48.1 Å². The highest BCUT2D eigenvalue weighted by Crippen LogP contribution is 2.33. The number of aliphatic hydroxyl groups excluding tert-OH is 1. The minimum absolute atomic E-state index is 0.167. The number of rotatable bonds is 4. The Morgan fingerprint density at radius 2 is 1.50 bits per heavy atom. The Kier molecular flexibility index (Phi) is 5.16. The second-order valence-electron chi connectivity index (χ2n) is 8.03. The van der Waals surface area contributed by atoms with Gasteiger partial charge in [0.1, 0.15) is 0 Å². The van der Waals surface area contributed by atoms with Crippen molar-refractivity contribution in [2.45, 2.75) is 37.8 Å². The topological polar surface area (TPSA) is 58.0 Å². The van der Waals surface area contributed by atoms with E-state index in [1.54, 1.807) is 0 Å². The molecule has 1 aliphatic carbocycles. The third-order valence-electron chi connectivity index (χ3n) is 5.93. The Balaban J connectivity index is 1.54. The van der Waals surface area contributed by atoms with E-state index >= 15 is 0 Å². The van der Waals surface area contributed by atoms with E-state index in [1.807, 2.05) is 24.4 Å². The molecule has 0 bridgehead atoms. The summed E-state index contributed by atoms with van der Waals surface area (Å²) in [6.45, 7) is 0. The summed E-state index contributed by atoms with van der Waals surface area (Å²) in [5, 5.41) is 15.7. The van der Waals surface area contributed by atoms with E-state index in [4.69, 9.17) is 4.98 Å². The number of benzene rings is 3. The highest BCUT2D eigenvalue weighted by molar-refractivity contribution is 5.90. The molecule has 0 aliphatic heterocycles. The van der Waals surface area contributed by atoms with Crippen molar-refractivity contribution in [3.8, 4) is 22.4 Å². The van der Waals surface area contributed by atoms with Crippen LogP contribution >= 0.6 is 0 Å². The predicted molar refractivity (Wildman–Crippen MR) is 122 cm³/mol. The summed E-state index contributed by atoms with van der Waals surface area (Å²) >= 11 is 0. The van der Waals surface area contributed by atoms with Gasteiger partial charge >= 0.3 is 0 Å². The quantitative estimate of drug-likeness (QED) is 0.467. The van der Waals surface area contributed by atoms with Gasteiger partial charge in [0.25, 0.3) is 0 Å². The average molecular weight is 396 g/mol. The summed E-state index contributed by atoms with van der Waals surface area (Å²) < 4.78 is 0. The first kappa shape index (κ1) is 18.8. The number of nitrogens with one attached hydrogen (secondary N) is 1. The zero-order valence-electron chi connectivity index (χ0n) is 16.8. The Morgan fingerprint density at radius 3 is 2.30 bits per heavy atom. The average Bonchev–Trinajstić information content (AvgIpc) is 2.81. The smallest absolute Gasteiger partial charge is 0.223 e. The van der Waals surface area contributed by atoms with Crippen LogP contribution in [0.3, 0.4) is 0 Å². The number of aromatic nitrogens is 2. The molecule has 1 aliphatic rings. The zero-order chi connectivity index (χ0) is 20.3. The largest absolute Gasteiger partial charge is 0.393 e. The van der Waals surface area contributed by atoms with Gasteiger partial charge in [-0.25, -0.2) is 9.97 Å². The van der Waals surface area contributed by atoms with Gasteiger partial charge in [-0.1, -0.05) is 66.7 Å². The molecule has 0 atom stereocenters. The van der Waals surface area contributed by atoms with Crippen molar-refractivity contribution in [2.24, 2.45) is 0 Å². The lowest BCUT2D eigenvalue weighted by Gasteiger charge is -2.26. The second kappa shape index (κ2) is 8.25. The first-order chi connectivity index (χ1) is 14.8. The molecule has 30 heavy (non-hydrogen) atoms. The number of nitrogens with zero attached hydrogens (tertiary/aromatic N) is 2. The molecule has 4 nitrogen and oxygen atoms in total. The molecule has 4 aromatic rings. The third kappa shape index (κ3) is 3.91. The van der Waals surface area contributed by atoms with Crippen LogP contribution in [0.4, 0.5) is 5.95 Å². The summed E-state index contributed by atoms with van der Waals surface area (Å²) in [5.41, 5.74) is 4.14. The summed E-state index contributed by atoms with van der Waals surface area (Å²) in [6, 6.07) is 25.5. The molecule has 1 fully saturated rings. The maximum absolute atomic E-state index is 9.76. The highest BCUT2D eigenvalue weighted by Gasteiger charge is 2.20. The van der Waals surface area contributed by atoms with Gasteiger partial charge in [-0.2, -0.15) is 0 Å². The summed E-state index contributed by atoms with van der Waals surface area (Å²) in [6.07, 6.45) is 5.31. The molecular weight excluding hydrogens is 370 g/mol. The minimum atomic E-state index is -0.167. The van der Waals surface area contributed by atoms with Crippen molar-refractivity contribution >= 4 is 16.7 Å². The van der Waals surface area contributed by atoms with Crippen molar-refractivity contribution in [3.05, 3.63) is 79.0 Å². The SMILES string of the molecule is OC1CCC(Nc2ncc(-c3ccc4ccccc4c3)c(-c3ccccc3)n2)CC1. The Morgan fingerprint density at radius 1 is 0.767 bits per heavy atom. The number of aliphatic hydroxyl groups is 1. The van der Waals surface area contributed by atoms with E-state index in [-0.39, 0.29) is 6.10 Å². The van der Waals surface area contributed by atoms with Crippen molar-refractivity contribution in [1.82, 2.24) is 9.97 Å². The van der Waals surface area contributed by atoms with Gasteiger partial charge in [0.2, 0.25) is 5.95 Å². The fourth-order valence-corrected chi connectivity index (χ4v) is 4.24. The van der Waals surface area contributed by atoms with Gasteiger partial charge in [0, 0.05) is 23.4 Å². The molecule has 0 spiro atoms. The number of anilines is 1. The first-order valence-corrected chi connectivity index (χ1v) is 10.6. The van der Waals surface area contributed by atoms with Gasteiger partial charge in [0.05, 0.1) is 11.8 Å². The van der Waals surface area contributed by atoms with Crippen LogP contribution in [-0.4, -0.2) is 27.2 Å². The van der Waals surface area contributed by atoms with Crippen LogP contribution in [0.5, 0.6) is 0 Å². The number of hydrogen-bond donors (Lipinski definition) is 2.